The summed E-state index contributed by atoms with van der Waals surface area (Å²) in [5.41, 5.74) is -5.88. The van der Waals surface area contributed by atoms with Gasteiger partial charge >= 0.3 is 21.6 Å². The summed E-state index contributed by atoms with van der Waals surface area (Å²) in [4.78, 5) is 12.0. The van der Waals surface area contributed by atoms with Gasteiger partial charge in [0, 0.05) is 0 Å². The Balaban J connectivity index is 2.93. The van der Waals surface area contributed by atoms with Crippen molar-refractivity contribution in [2.45, 2.75) is 50.8 Å². The summed E-state index contributed by atoms with van der Waals surface area (Å²) in [6.45, 7) is 4.53. The summed E-state index contributed by atoms with van der Waals surface area (Å²) in [6.07, 6.45) is -2.00. The van der Waals surface area contributed by atoms with Crippen LogP contribution in [-0.2, 0) is 30.3 Å². The minimum absolute atomic E-state index is 0.151. The Morgan fingerprint density at radius 3 is 2.12 bits per heavy atom. The first-order valence-corrected chi connectivity index (χ1v) is 8.49. The van der Waals surface area contributed by atoms with Gasteiger partial charge in [-0.3, -0.25) is 0 Å². The highest BCUT2D eigenvalue weighted by Crippen LogP contribution is 2.27. The highest BCUT2D eigenvalue weighted by molar-refractivity contribution is 7.87. The molecule has 9 heteroatoms. The van der Waals surface area contributed by atoms with E-state index in [1.807, 2.05) is 0 Å². The van der Waals surface area contributed by atoms with Crippen LogP contribution >= 0.6 is 0 Å². The smallest absolute Gasteiger partial charge is 0.458 e. The van der Waals surface area contributed by atoms with Crippen molar-refractivity contribution in [3.63, 3.8) is 0 Å². The molecule has 1 aromatic carbocycles. The van der Waals surface area contributed by atoms with E-state index >= 15 is 0 Å². The lowest BCUT2D eigenvalue weighted by Gasteiger charge is -2.24. The first kappa shape index (κ1) is 20.4. The quantitative estimate of drug-likeness (QED) is 0.438. The molecule has 0 saturated heterocycles. The van der Waals surface area contributed by atoms with Crippen LogP contribution in [0.15, 0.2) is 30.3 Å². The van der Waals surface area contributed by atoms with E-state index in [0.717, 1.165) is 5.56 Å². The molecule has 0 fully saturated rings. The lowest BCUT2D eigenvalue weighted by molar-refractivity contribution is -0.164. The SMILES string of the molecule is CC(C)(C)OC(=O)[C@H](CCc1ccccc1)OS(=O)(=O)C(F)(F)F. The molecule has 1 rings (SSSR count). The first-order valence-electron chi connectivity index (χ1n) is 7.08. The summed E-state index contributed by atoms with van der Waals surface area (Å²) in [7, 11) is -5.90. The zero-order chi connectivity index (χ0) is 18.6. The first-order chi connectivity index (χ1) is 10.8. The van der Waals surface area contributed by atoms with Crippen molar-refractivity contribution in [1.29, 1.82) is 0 Å². The Kier molecular flexibility index (Phi) is 6.40. The van der Waals surface area contributed by atoms with Crippen LogP contribution in [0, 0.1) is 0 Å². The number of carbonyl (C=O) groups is 1. The minimum Gasteiger partial charge on any atom is -0.458 e. The Morgan fingerprint density at radius 1 is 1.12 bits per heavy atom. The summed E-state index contributed by atoms with van der Waals surface area (Å²) >= 11 is 0. The van der Waals surface area contributed by atoms with Crippen LogP contribution in [-0.4, -0.2) is 31.6 Å². The van der Waals surface area contributed by atoms with Crippen LogP contribution in [0.2, 0.25) is 0 Å². The van der Waals surface area contributed by atoms with Crippen molar-refractivity contribution in [3.05, 3.63) is 35.9 Å². The molecule has 0 amide bonds. The Labute approximate surface area is 138 Å². The number of benzene rings is 1. The van der Waals surface area contributed by atoms with Crippen LogP contribution < -0.4 is 0 Å². The average molecular weight is 368 g/mol. The van der Waals surface area contributed by atoms with Crippen LogP contribution in [0.3, 0.4) is 0 Å². The van der Waals surface area contributed by atoms with Crippen LogP contribution in [0.25, 0.3) is 0 Å². The molecule has 0 unspecified atom stereocenters. The number of ether oxygens (including phenoxy) is 1. The number of hydrogen-bond acceptors (Lipinski definition) is 5. The Hall–Kier alpha value is -1.61. The molecule has 1 aromatic rings. The summed E-state index contributed by atoms with van der Waals surface area (Å²) in [5.74, 6) is -1.16. The monoisotopic (exact) mass is 368 g/mol. The van der Waals surface area contributed by atoms with E-state index < -0.39 is 33.3 Å². The maximum Gasteiger partial charge on any atom is 0.523 e. The van der Waals surface area contributed by atoms with Crippen molar-refractivity contribution in [3.8, 4) is 0 Å². The van der Waals surface area contributed by atoms with E-state index in [-0.39, 0.29) is 12.8 Å². The number of alkyl halides is 3. The third-order valence-electron chi connectivity index (χ3n) is 2.73. The van der Waals surface area contributed by atoms with Crippen LogP contribution in [0.1, 0.15) is 32.8 Å². The fourth-order valence-corrected chi connectivity index (χ4v) is 2.31. The Bertz CT molecular complexity index is 648. The van der Waals surface area contributed by atoms with Crippen LogP contribution in [0.4, 0.5) is 13.2 Å². The van der Waals surface area contributed by atoms with Gasteiger partial charge in [-0.05, 0) is 39.2 Å². The number of hydrogen-bond donors (Lipinski definition) is 0. The van der Waals surface area contributed by atoms with E-state index in [0.29, 0.717) is 0 Å². The summed E-state index contributed by atoms with van der Waals surface area (Å²) in [6, 6.07) is 8.57. The molecule has 24 heavy (non-hydrogen) atoms. The second-order valence-electron chi connectivity index (χ2n) is 6.04. The summed E-state index contributed by atoms with van der Waals surface area (Å²) in [5, 5.41) is 0. The predicted octanol–water partition coefficient (Wildman–Crippen LogP) is 3.20. The topological polar surface area (TPSA) is 69.7 Å². The Morgan fingerprint density at radius 2 is 1.67 bits per heavy atom. The molecule has 0 spiro atoms. The van der Waals surface area contributed by atoms with Crippen molar-refractivity contribution >= 4 is 16.1 Å². The van der Waals surface area contributed by atoms with Gasteiger partial charge < -0.3 is 4.74 Å². The molecule has 0 aromatic heterocycles. The van der Waals surface area contributed by atoms with E-state index in [1.54, 1.807) is 30.3 Å². The highest BCUT2D eigenvalue weighted by Gasteiger charge is 2.49. The van der Waals surface area contributed by atoms with Gasteiger partial charge in [-0.15, -0.1) is 0 Å². The standard InChI is InChI=1S/C15H19F3O5S/c1-14(2,3)22-13(19)12(23-24(20,21)15(16,17)18)10-9-11-7-5-4-6-8-11/h4-8,12H,9-10H2,1-3H3/t12-/m0/s1. The number of carbonyl (C=O) groups excluding carboxylic acids is 1. The maximum absolute atomic E-state index is 12.5. The van der Waals surface area contributed by atoms with E-state index in [1.165, 1.54) is 20.8 Å². The fourth-order valence-electron chi connectivity index (χ4n) is 1.72. The van der Waals surface area contributed by atoms with Gasteiger partial charge in [0.2, 0.25) is 0 Å². The highest BCUT2D eigenvalue weighted by atomic mass is 32.2. The zero-order valence-corrected chi connectivity index (χ0v) is 14.3. The normalized spacial score (nSPS) is 14.2. The predicted molar refractivity (Wildman–Crippen MR) is 80.5 cm³/mol. The lowest BCUT2D eigenvalue weighted by Crippen LogP contribution is -2.38. The molecular weight excluding hydrogens is 349 g/mol. The molecule has 0 aliphatic carbocycles. The van der Waals surface area contributed by atoms with E-state index in [2.05, 4.69) is 4.18 Å². The van der Waals surface area contributed by atoms with Gasteiger partial charge in [-0.2, -0.15) is 21.6 Å². The largest absolute Gasteiger partial charge is 0.523 e. The molecule has 0 bridgehead atoms. The molecule has 0 aliphatic rings. The molecule has 0 aliphatic heterocycles. The molecule has 0 radical (unpaired) electrons. The maximum atomic E-state index is 12.5. The van der Waals surface area contributed by atoms with Crippen molar-refractivity contribution < 1.29 is 35.3 Å². The fraction of sp³-hybridized carbons (Fsp3) is 0.533. The zero-order valence-electron chi connectivity index (χ0n) is 13.5. The molecule has 1 atom stereocenters. The number of rotatable bonds is 6. The third-order valence-corrected chi connectivity index (χ3v) is 3.79. The van der Waals surface area contributed by atoms with E-state index in [9.17, 15) is 26.4 Å². The van der Waals surface area contributed by atoms with Gasteiger partial charge in [0.1, 0.15) is 5.60 Å². The molecule has 0 heterocycles. The molecule has 136 valence electrons. The summed E-state index contributed by atoms with van der Waals surface area (Å²) < 4.78 is 68.9. The van der Waals surface area contributed by atoms with Gasteiger partial charge in [-0.25, -0.2) is 8.98 Å². The number of esters is 1. The van der Waals surface area contributed by atoms with Crippen LogP contribution in [0.5, 0.6) is 0 Å². The van der Waals surface area contributed by atoms with Gasteiger partial charge in [0.15, 0.2) is 6.10 Å². The van der Waals surface area contributed by atoms with Gasteiger partial charge in [0.05, 0.1) is 0 Å². The average Bonchev–Trinajstić information content (AvgIpc) is 2.41. The molecule has 5 nitrogen and oxygen atoms in total. The number of aryl methyl sites for hydroxylation is 1. The molecular formula is C15H19F3O5S. The third kappa shape index (κ3) is 6.48. The second-order valence-corrected chi connectivity index (χ2v) is 7.61. The van der Waals surface area contributed by atoms with Crippen molar-refractivity contribution in [1.82, 2.24) is 0 Å². The lowest BCUT2D eigenvalue weighted by atomic mass is 10.1. The van der Waals surface area contributed by atoms with Crippen molar-refractivity contribution in [2.24, 2.45) is 0 Å². The molecule has 0 N–H and O–H groups in total. The van der Waals surface area contributed by atoms with Gasteiger partial charge in [-0.1, -0.05) is 30.3 Å². The second kappa shape index (κ2) is 7.52. The minimum atomic E-state index is -5.90. The van der Waals surface area contributed by atoms with Crippen molar-refractivity contribution in [2.75, 3.05) is 0 Å². The van der Waals surface area contributed by atoms with Gasteiger partial charge in [0.25, 0.3) is 0 Å². The number of halogens is 3. The molecule has 0 saturated carbocycles. The van der Waals surface area contributed by atoms with E-state index in [4.69, 9.17) is 4.74 Å².